The van der Waals surface area contributed by atoms with Gasteiger partial charge in [-0.1, -0.05) is 60.7 Å². The van der Waals surface area contributed by atoms with Gasteiger partial charge < -0.3 is 10.4 Å². The molecule has 0 amide bonds. The molecular weight excluding hydrogens is 394 g/mol. The molecule has 0 aromatic heterocycles. The third-order valence-electron chi connectivity index (χ3n) is 6.62. The summed E-state index contributed by atoms with van der Waals surface area (Å²) in [6.45, 7) is 6.63. The zero-order chi connectivity index (χ0) is 22.6. The van der Waals surface area contributed by atoms with Crippen LogP contribution in [0.15, 0.2) is 66.7 Å². The highest BCUT2D eigenvalue weighted by Crippen LogP contribution is 2.25. The molecular formula is C28H33N3O. The van der Waals surface area contributed by atoms with Gasteiger partial charge in [0, 0.05) is 24.7 Å². The van der Waals surface area contributed by atoms with E-state index in [0.29, 0.717) is 13.1 Å². The average Bonchev–Trinajstić information content (AvgIpc) is 3.26. The molecule has 2 unspecified atom stereocenters. The van der Waals surface area contributed by atoms with E-state index in [4.69, 9.17) is 0 Å². The Morgan fingerprint density at radius 1 is 1.09 bits per heavy atom. The second-order valence-electron chi connectivity index (χ2n) is 9.64. The van der Waals surface area contributed by atoms with E-state index in [1.165, 1.54) is 16.3 Å². The SMILES string of the molecule is CC(C)(Cc1ccc2ccccc2c1)NCC(O)C1CCCN1Cc1ccccc1C#N. The minimum atomic E-state index is -0.442. The lowest BCUT2D eigenvalue weighted by Gasteiger charge is -2.33. The third-order valence-corrected chi connectivity index (χ3v) is 6.62. The van der Waals surface area contributed by atoms with E-state index in [9.17, 15) is 10.4 Å². The fourth-order valence-electron chi connectivity index (χ4n) is 4.91. The zero-order valence-electron chi connectivity index (χ0n) is 19.1. The first-order valence-corrected chi connectivity index (χ1v) is 11.6. The molecule has 0 saturated carbocycles. The van der Waals surface area contributed by atoms with Crippen LogP contribution >= 0.6 is 0 Å². The number of hydrogen-bond acceptors (Lipinski definition) is 4. The lowest BCUT2D eigenvalue weighted by Crippen LogP contribution is -2.50. The molecule has 1 aliphatic rings. The third kappa shape index (κ3) is 5.37. The highest BCUT2D eigenvalue weighted by Gasteiger charge is 2.32. The summed E-state index contributed by atoms with van der Waals surface area (Å²) in [6.07, 6.45) is 2.52. The van der Waals surface area contributed by atoms with E-state index in [1.54, 1.807) is 0 Å². The first-order valence-electron chi connectivity index (χ1n) is 11.6. The van der Waals surface area contributed by atoms with E-state index >= 15 is 0 Å². The Labute approximate surface area is 191 Å². The van der Waals surface area contributed by atoms with E-state index in [1.807, 2.05) is 24.3 Å². The van der Waals surface area contributed by atoms with Crippen LogP contribution in [0.1, 0.15) is 43.4 Å². The molecule has 32 heavy (non-hydrogen) atoms. The first kappa shape index (κ1) is 22.5. The summed E-state index contributed by atoms with van der Waals surface area (Å²) in [5.74, 6) is 0. The molecule has 4 heteroatoms. The number of hydrogen-bond donors (Lipinski definition) is 2. The Balaban J connectivity index is 1.36. The molecule has 3 aromatic carbocycles. The van der Waals surface area contributed by atoms with Crippen LogP contribution in [0.5, 0.6) is 0 Å². The molecule has 4 rings (SSSR count). The maximum Gasteiger partial charge on any atom is 0.0995 e. The zero-order valence-corrected chi connectivity index (χ0v) is 19.1. The van der Waals surface area contributed by atoms with Gasteiger partial charge in [-0.2, -0.15) is 5.26 Å². The number of nitrogens with zero attached hydrogens (tertiary/aromatic N) is 2. The van der Waals surface area contributed by atoms with Crippen LogP contribution in [0.4, 0.5) is 0 Å². The molecule has 4 nitrogen and oxygen atoms in total. The molecule has 0 bridgehead atoms. The predicted molar refractivity (Wildman–Crippen MR) is 130 cm³/mol. The number of nitrogens with one attached hydrogen (secondary N) is 1. The van der Waals surface area contributed by atoms with Crippen LogP contribution < -0.4 is 5.32 Å². The molecule has 1 saturated heterocycles. The van der Waals surface area contributed by atoms with Gasteiger partial charge in [-0.25, -0.2) is 0 Å². The van der Waals surface area contributed by atoms with Crippen molar-refractivity contribution in [1.29, 1.82) is 5.26 Å². The molecule has 2 N–H and O–H groups in total. The summed E-state index contributed by atoms with van der Waals surface area (Å²) in [6, 6.07) is 25.3. The predicted octanol–water partition coefficient (Wildman–Crippen LogP) is 4.65. The Bertz CT molecular complexity index is 1100. The van der Waals surface area contributed by atoms with Gasteiger partial charge in [0.1, 0.15) is 0 Å². The van der Waals surface area contributed by atoms with Crippen LogP contribution in [-0.4, -0.2) is 40.8 Å². The Kier molecular flexibility index (Phi) is 6.91. The summed E-state index contributed by atoms with van der Waals surface area (Å²) in [4.78, 5) is 2.33. The topological polar surface area (TPSA) is 59.3 Å². The Hall–Kier alpha value is -2.71. The number of likely N-dealkylation sites (tertiary alicyclic amines) is 1. The van der Waals surface area contributed by atoms with E-state index in [-0.39, 0.29) is 11.6 Å². The van der Waals surface area contributed by atoms with Crippen LogP contribution in [0.2, 0.25) is 0 Å². The van der Waals surface area contributed by atoms with Gasteiger partial charge in [-0.15, -0.1) is 0 Å². The van der Waals surface area contributed by atoms with Crippen molar-refractivity contribution < 1.29 is 5.11 Å². The van der Waals surface area contributed by atoms with Gasteiger partial charge in [0.05, 0.1) is 17.7 Å². The second kappa shape index (κ2) is 9.83. The van der Waals surface area contributed by atoms with Gasteiger partial charge in [-0.3, -0.25) is 4.90 Å². The normalized spacial score (nSPS) is 18.0. The van der Waals surface area contributed by atoms with Crippen molar-refractivity contribution in [3.63, 3.8) is 0 Å². The molecule has 166 valence electrons. The number of benzene rings is 3. The van der Waals surface area contributed by atoms with Gasteiger partial charge in [-0.05, 0) is 67.6 Å². The fourth-order valence-corrected chi connectivity index (χ4v) is 4.91. The van der Waals surface area contributed by atoms with E-state index < -0.39 is 6.10 Å². The average molecular weight is 428 g/mol. The molecule has 1 aliphatic heterocycles. The van der Waals surface area contributed by atoms with Crippen molar-refractivity contribution in [3.05, 3.63) is 83.4 Å². The number of β-amino-alcohol motifs (C(OH)–C–C–N with tert-alkyl or cyclic N) is 1. The standard InChI is InChI=1S/C28H33N3O/c1-28(2,17-21-13-14-22-8-3-4-9-23(22)16-21)30-19-27(32)26-12-7-15-31(26)20-25-11-6-5-10-24(25)18-29/h3-6,8-11,13-14,16,26-27,30,32H,7,12,15,17,19-20H2,1-2H3. The minimum absolute atomic E-state index is 0.116. The molecule has 0 radical (unpaired) electrons. The monoisotopic (exact) mass is 427 g/mol. The maximum absolute atomic E-state index is 11.0. The second-order valence-corrected chi connectivity index (χ2v) is 9.64. The molecule has 1 heterocycles. The molecule has 2 atom stereocenters. The van der Waals surface area contributed by atoms with Crippen molar-refractivity contribution >= 4 is 10.8 Å². The quantitative estimate of drug-likeness (QED) is 0.549. The van der Waals surface area contributed by atoms with E-state index in [0.717, 1.165) is 36.9 Å². The van der Waals surface area contributed by atoms with E-state index in [2.05, 4.69) is 72.6 Å². The summed E-state index contributed by atoms with van der Waals surface area (Å²) < 4.78 is 0. The molecule has 0 spiro atoms. The number of rotatable bonds is 8. The fraction of sp³-hybridized carbons (Fsp3) is 0.393. The molecule has 1 fully saturated rings. The summed E-state index contributed by atoms with van der Waals surface area (Å²) in [5.41, 5.74) is 2.94. The number of fused-ring (bicyclic) bond motifs is 1. The number of aliphatic hydroxyl groups excluding tert-OH is 1. The highest BCUT2D eigenvalue weighted by atomic mass is 16.3. The smallest absolute Gasteiger partial charge is 0.0995 e. The van der Waals surface area contributed by atoms with Gasteiger partial charge in [0.2, 0.25) is 0 Å². The van der Waals surface area contributed by atoms with Crippen LogP contribution in [0.3, 0.4) is 0 Å². The number of nitriles is 1. The Morgan fingerprint density at radius 2 is 1.84 bits per heavy atom. The van der Waals surface area contributed by atoms with Crippen LogP contribution in [0.25, 0.3) is 10.8 Å². The lowest BCUT2D eigenvalue weighted by atomic mass is 9.93. The summed E-state index contributed by atoms with van der Waals surface area (Å²) >= 11 is 0. The Morgan fingerprint density at radius 3 is 2.66 bits per heavy atom. The van der Waals surface area contributed by atoms with Crippen molar-refractivity contribution in [2.45, 2.75) is 57.3 Å². The maximum atomic E-state index is 11.0. The van der Waals surface area contributed by atoms with Gasteiger partial charge in [0.15, 0.2) is 0 Å². The largest absolute Gasteiger partial charge is 0.390 e. The minimum Gasteiger partial charge on any atom is -0.390 e. The van der Waals surface area contributed by atoms with Crippen molar-refractivity contribution in [2.24, 2.45) is 0 Å². The van der Waals surface area contributed by atoms with Gasteiger partial charge in [0.25, 0.3) is 0 Å². The van der Waals surface area contributed by atoms with Gasteiger partial charge >= 0.3 is 0 Å². The molecule has 3 aromatic rings. The van der Waals surface area contributed by atoms with Crippen molar-refractivity contribution in [1.82, 2.24) is 10.2 Å². The highest BCUT2D eigenvalue weighted by molar-refractivity contribution is 5.83. The van der Waals surface area contributed by atoms with Crippen molar-refractivity contribution in [3.8, 4) is 6.07 Å². The number of aliphatic hydroxyl groups is 1. The summed E-state index contributed by atoms with van der Waals surface area (Å²) in [7, 11) is 0. The van der Waals surface area contributed by atoms with Crippen molar-refractivity contribution in [2.75, 3.05) is 13.1 Å². The first-order chi connectivity index (χ1) is 15.4. The van der Waals surface area contributed by atoms with Crippen LogP contribution in [-0.2, 0) is 13.0 Å². The lowest BCUT2D eigenvalue weighted by molar-refractivity contribution is 0.0632. The molecule has 0 aliphatic carbocycles. The van der Waals surface area contributed by atoms with Crippen LogP contribution in [0, 0.1) is 11.3 Å². The summed E-state index contributed by atoms with van der Waals surface area (Å²) in [5, 5.41) is 26.6.